The van der Waals surface area contributed by atoms with E-state index in [1.807, 2.05) is 44.2 Å². The molecule has 0 saturated carbocycles. The molecule has 0 saturated heterocycles. The number of rotatable bonds is 10. The fraction of sp³-hybridized carbons (Fsp3) is 0.625. The van der Waals surface area contributed by atoms with E-state index in [0.29, 0.717) is 26.1 Å². The van der Waals surface area contributed by atoms with Gasteiger partial charge in [-0.25, -0.2) is 0 Å². The molecule has 0 unspecified atom stereocenters. The molecular weight excluding hydrogens is 256 g/mol. The van der Waals surface area contributed by atoms with Crippen molar-refractivity contribution in [1.82, 2.24) is 0 Å². The van der Waals surface area contributed by atoms with Gasteiger partial charge in [-0.1, -0.05) is 30.3 Å². The SMILES string of the molecule is CCOC(CC(CO)(CO)Cc1ccccc1)OCC. The lowest BCUT2D eigenvalue weighted by molar-refractivity contribution is -0.164. The third-order valence-corrected chi connectivity index (χ3v) is 3.40. The summed E-state index contributed by atoms with van der Waals surface area (Å²) in [5.74, 6) is 0. The molecule has 2 N–H and O–H groups in total. The van der Waals surface area contributed by atoms with Crippen molar-refractivity contribution >= 4 is 0 Å². The topological polar surface area (TPSA) is 58.9 Å². The molecule has 20 heavy (non-hydrogen) atoms. The summed E-state index contributed by atoms with van der Waals surface area (Å²) in [5.41, 5.74) is 0.457. The van der Waals surface area contributed by atoms with Crippen LogP contribution in [-0.4, -0.2) is 42.9 Å². The first-order chi connectivity index (χ1) is 9.69. The number of aliphatic hydroxyl groups is 2. The first kappa shape index (κ1) is 17.1. The lowest BCUT2D eigenvalue weighted by Gasteiger charge is -2.33. The van der Waals surface area contributed by atoms with Crippen molar-refractivity contribution in [2.24, 2.45) is 5.41 Å². The van der Waals surface area contributed by atoms with Gasteiger partial charge in [0.1, 0.15) is 0 Å². The predicted octanol–water partition coefficient (Wildman–Crippen LogP) is 1.99. The predicted molar refractivity (Wildman–Crippen MR) is 78.4 cm³/mol. The van der Waals surface area contributed by atoms with Gasteiger partial charge in [-0.15, -0.1) is 0 Å². The monoisotopic (exact) mass is 282 g/mol. The van der Waals surface area contributed by atoms with Crippen molar-refractivity contribution in [3.63, 3.8) is 0 Å². The third kappa shape index (κ3) is 5.21. The maximum absolute atomic E-state index is 9.75. The zero-order valence-electron chi connectivity index (χ0n) is 12.4. The molecule has 0 atom stereocenters. The number of aliphatic hydroxyl groups excluding tert-OH is 2. The van der Waals surface area contributed by atoms with Crippen LogP contribution in [-0.2, 0) is 15.9 Å². The Morgan fingerprint density at radius 1 is 1.00 bits per heavy atom. The minimum absolute atomic E-state index is 0.102. The van der Waals surface area contributed by atoms with Crippen LogP contribution in [0.15, 0.2) is 30.3 Å². The highest BCUT2D eigenvalue weighted by atomic mass is 16.7. The molecule has 0 radical (unpaired) electrons. The van der Waals surface area contributed by atoms with E-state index in [1.54, 1.807) is 0 Å². The summed E-state index contributed by atoms with van der Waals surface area (Å²) in [6.07, 6.45) is 0.668. The van der Waals surface area contributed by atoms with Crippen molar-refractivity contribution in [2.75, 3.05) is 26.4 Å². The Labute approximate surface area is 121 Å². The molecule has 1 rings (SSSR count). The Morgan fingerprint density at radius 2 is 1.55 bits per heavy atom. The second-order valence-corrected chi connectivity index (χ2v) is 5.02. The van der Waals surface area contributed by atoms with Gasteiger partial charge in [-0.05, 0) is 25.8 Å². The largest absolute Gasteiger partial charge is 0.396 e. The van der Waals surface area contributed by atoms with E-state index in [0.717, 1.165) is 5.56 Å². The molecule has 0 spiro atoms. The molecule has 0 amide bonds. The fourth-order valence-electron chi connectivity index (χ4n) is 2.28. The molecule has 0 bridgehead atoms. The van der Waals surface area contributed by atoms with Gasteiger partial charge in [0.05, 0.1) is 13.2 Å². The normalized spacial score (nSPS) is 12.1. The first-order valence-electron chi connectivity index (χ1n) is 7.18. The van der Waals surface area contributed by atoms with Gasteiger partial charge < -0.3 is 19.7 Å². The summed E-state index contributed by atoms with van der Waals surface area (Å²) in [6.45, 7) is 4.70. The molecule has 1 aromatic rings. The van der Waals surface area contributed by atoms with Gasteiger partial charge in [-0.2, -0.15) is 0 Å². The van der Waals surface area contributed by atoms with Crippen LogP contribution in [0.4, 0.5) is 0 Å². The molecule has 114 valence electrons. The maximum Gasteiger partial charge on any atom is 0.158 e. The summed E-state index contributed by atoms with van der Waals surface area (Å²) in [7, 11) is 0. The van der Waals surface area contributed by atoms with E-state index < -0.39 is 11.7 Å². The van der Waals surface area contributed by atoms with Crippen LogP contribution in [0.1, 0.15) is 25.8 Å². The molecule has 0 aliphatic heterocycles. The minimum Gasteiger partial charge on any atom is -0.396 e. The highest BCUT2D eigenvalue weighted by molar-refractivity contribution is 5.16. The van der Waals surface area contributed by atoms with Gasteiger partial charge in [0.2, 0.25) is 0 Å². The smallest absolute Gasteiger partial charge is 0.158 e. The quantitative estimate of drug-likeness (QED) is 0.644. The molecule has 4 heteroatoms. The van der Waals surface area contributed by atoms with E-state index in [1.165, 1.54) is 0 Å². The van der Waals surface area contributed by atoms with E-state index in [4.69, 9.17) is 9.47 Å². The summed E-state index contributed by atoms with van der Waals surface area (Å²) in [5, 5.41) is 19.5. The van der Waals surface area contributed by atoms with Crippen molar-refractivity contribution in [2.45, 2.75) is 33.0 Å². The number of hydrogen-bond acceptors (Lipinski definition) is 4. The Morgan fingerprint density at radius 3 is 2.00 bits per heavy atom. The standard InChI is InChI=1S/C16H26O4/c1-3-19-15(20-4-2)11-16(12-17,13-18)10-14-8-6-5-7-9-14/h5-9,15,17-18H,3-4,10-13H2,1-2H3. The van der Waals surface area contributed by atoms with Crippen molar-refractivity contribution in [3.05, 3.63) is 35.9 Å². The van der Waals surface area contributed by atoms with Crippen LogP contribution in [0.3, 0.4) is 0 Å². The van der Waals surface area contributed by atoms with Gasteiger partial charge in [0, 0.05) is 25.0 Å². The summed E-state index contributed by atoms with van der Waals surface area (Å²) >= 11 is 0. The van der Waals surface area contributed by atoms with Crippen molar-refractivity contribution < 1.29 is 19.7 Å². The molecule has 4 nitrogen and oxygen atoms in total. The van der Waals surface area contributed by atoms with Gasteiger partial charge in [0.15, 0.2) is 6.29 Å². The van der Waals surface area contributed by atoms with Gasteiger partial charge >= 0.3 is 0 Å². The number of ether oxygens (including phenoxy) is 2. The van der Waals surface area contributed by atoms with Crippen LogP contribution in [0, 0.1) is 5.41 Å². The Balaban J connectivity index is 2.78. The van der Waals surface area contributed by atoms with Gasteiger partial charge in [0.25, 0.3) is 0 Å². The average Bonchev–Trinajstić information content (AvgIpc) is 2.48. The highest BCUT2D eigenvalue weighted by Crippen LogP contribution is 2.29. The number of hydrogen-bond donors (Lipinski definition) is 2. The zero-order chi connectivity index (χ0) is 14.8. The molecule has 0 heterocycles. The molecule has 0 aliphatic carbocycles. The molecule has 0 aromatic heterocycles. The molecular formula is C16H26O4. The maximum atomic E-state index is 9.75. The van der Waals surface area contributed by atoms with E-state index >= 15 is 0 Å². The fourth-order valence-corrected chi connectivity index (χ4v) is 2.28. The lowest BCUT2D eigenvalue weighted by atomic mass is 9.80. The van der Waals surface area contributed by atoms with Crippen molar-refractivity contribution in [3.8, 4) is 0 Å². The van der Waals surface area contributed by atoms with E-state index in [2.05, 4.69) is 0 Å². The molecule has 1 aromatic carbocycles. The third-order valence-electron chi connectivity index (χ3n) is 3.40. The summed E-state index contributed by atoms with van der Waals surface area (Å²) in [4.78, 5) is 0. The Kier molecular flexibility index (Phi) is 7.77. The summed E-state index contributed by atoms with van der Waals surface area (Å²) < 4.78 is 11.1. The molecule has 0 aliphatic rings. The van der Waals surface area contributed by atoms with Crippen LogP contribution in [0.25, 0.3) is 0 Å². The van der Waals surface area contributed by atoms with Crippen LogP contribution in [0.2, 0.25) is 0 Å². The zero-order valence-corrected chi connectivity index (χ0v) is 12.4. The van der Waals surface area contributed by atoms with E-state index in [-0.39, 0.29) is 13.2 Å². The lowest BCUT2D eigenvalue weighted by Crippen LogP contribution is -2.38. The average molecular weight is 282 g/mol. The Hall–Kier alpha value is -0.940. The molecule has 0 fully saturated rings. The Bertz CT molecular complexity index is 343. The van der Waals surface area contributed by atoms with Crippen LogP contribution < -0.4 is 0 Å². The summed E-state index contributed by atoms with van der Waals surface area (Å²) in [6, 6.07) is 9.86. The highest BCUT2D eigenvalue weighted by Gasteiger charge is 2.33. The van der Waals surface area contributed by atoms with Gasteiger partial charge in [-0.3, -0.25) is 0 Å². The van der Waals surface area contributed by atoms with E-state index in [9.17, 15) is 10.2 Å². The van der Waals surface area contributed by atoms with Crippen LogP contribution in [0.5, 0.6) is 0 Å². The number of benzene rings is 1. The first-order valence-corrected chi connectivity index (χ1v) is 7.18. The van der Waals surface area contributed by atoms with Crippen LogP contribution >= 0.6 is 0 Å². The van der Waals surface area contributed by atoms with Crippen molar-refractivity contribution in [1.29, 1.82) is 0 Å². The minimum atomic E-state index is -0.629. The second kappa shape index (κ2) is 9.08. The second-order valence-electron chi connectivity index (χ2n) is 5.02.